The van der Waals surface area contributed by atoms with Crippen LogP contribution < -0.4 is 10.2 Å². The lowest BCUT2D eigenvalue weighted by molar-refractivity contribution is 0.563. The van der Waals surface area contributed by atoms with Crippen LogP contribution in [0.3, 0.4) is 0 Å². The van der Waals surface area contributed by atoms with Gasteiger partial charge < -0.3 is 14.8 Å². The normalized spacial score (nSPS) is 17.8. The lowest BCUT2D eigenvalue weighted by atomic mass is 9.93. The zero-order valence-corrected chi connectivity index (χ0v) is 21.4. The number of benzene rings is 2. The number of rotatable bonds is 4. The Morgan fingerprint density at radius 1 is 0.853 bits per heavy atom. The van der Waals surface area contributed by atoms with Crippen molar-refractivity contribution in [2.75, 3.05) is 4.90 Å². The van der Waals surface area contributed by atoms with Gasteiger partial charge in [0.05, 0.1) is 17.8 Å². The van der Waals surface area contributed by atoms with Gasteiger partial charge >= 0.3 is 0 Å². The Morgan fingerprint density at radius 2 is 1.62 bits per heavy atom. The summed E-state index contributed by atoms with van der Waals surface area (Å²) >= 11 is 18.4. The number of anilines is 1. The fourth-order valence-electron chi connectivity index (χ4n) is 4.97. The molecule has 0 amide bonds. The molecule has 0 bridgehead atoms. The predicted octanol–water partition coefficient (Wildman–Crippen LogP) is 7.28. The van der Waals surface area contributed by atoms with Crippen molar-refractivity contribution in [1.82, 2.24) is 14.9 Å². The number of aromatic nitrogens is 2. The van der Waals surface area contributed by atoms with Crippen molar-refractivity contribution < 1.29 is 0 Å². The van der Waals surface area contributed by atoms with Gasteiger partial charge in [-0.1, -0.05) is 35.3 Å². The van der Waals surface area contributed by atoms with Crippen LogP contribution in [0.4, 0.5) is 5.69 Å². The first-order chi connectivity index (χ1) is 16.4. The van der Waals surface area contributed by atoms with Gasteiger partial charge in [-0.3, -0.25) is 4.98 Å². The third kappa shape index (κ3) is 3.88. The van der Waals surface area contributed by atoms with Crippen molar-refractivity contribution >= 4 is 46.2 Å². The minimum absolute atomic E-state index is 0.0947. The van der Waals surface area contributed by atoms with Gasteiger partial charge in [0.2, 0.25) is 0 Å². The van der Waals surface area contributed by atoms with Crippen molar-refractivity contribution in [3.8, 4) is 5.69 Å². The first-order valence-corrected chi connectivity index (χ1v) is 12.2. The molecule has 2 aromatic carbocycles. The second-order valence-corrected chi connectivity index (χ2v) is 9.76. The second-order valence-electron chi connectivity index (χ2n) is 8.50. The molecule has 2 atom stereocenters. The molecule has 1 aliphatic heterocycles. The quantitative estimate of drug-likeness (QED) is 0.294. The van der Waals surface area contributed by atoms with Crippen LogP contribution in [0.1, 0.15) is 40.3 Å². The lowest BCUT2D eigenvalue weighted by Gasteiger charge is -2.29. The molecule has 172 valence electrons. The molecule has 1 aliphatic rings. The van der Waals surface area contributed by atoms with Crippen molar-refractivity contribution in [3.63, 3.8) is 0 Å². The summed E-state index contributed by atoms with van der Waals surface area (Å²) in [5, 5.41) is 5.61. The van der Waals surface area contributed by atoms with Crippen LogP contribution in [0.25, 0.3) is 5.69 Å². The molecule has 1 N–H and O–H groups in total. The average Bonchev–Trinajstić information content (AvgIpc) is 3.27. The maximum atomic E-state index is 6.34. The third-order valence-electron chi connectivity index (χ3n) is 6.57. The molecule has 5 rings (SSSR count). The minimum Gasteiger partial charge on any atom is -0.351 e. The zero-order chi connectivity index (χ0) is 24.0. The maximum absolute atomic E-state index is 6.34. The van der Waals surface area contributed by atoms with Crippen molar-refractivity contribution in [3.05, 3.63) is 111 Å². The number of nitrogens with zero attached hydrogens (tertiary/aromatic N) is 3. The van der Waals surface area contributed by atoms with Crippen LogP contribution in [-0.4, -0.2) is 14.7 Å². The van der Waals surface area contributed by atoms with Gasteiger partial charge in [-0.25, -0.2) is 0 Å². The third-order valence-corrected chi connectivity index (χ3v) is 7.37. The SMILES string of the molecule is Cc1c([C@@H]2[C@H](c3ccccn3)NC(=S)N2c2ccc(Cl)cc2)c(C)n(-c2cccc(Cl)c2)c1C. The molecule has 2 aromatic heterocycles. The monoisotopic (exact) mass is 506 g/mol. The zero-order valence-electron chi connectivity index (χ0n) is 19.1. The van der Waals surface area contributed by atoms with Gasteiger partial charge in [0.1, 0.15) is 0 Å². The standard InChI is InChI=1S/C27H24Cl2N4S/c1-16-17(2)32(22-8-6-7-20(29)15-22)18(3)24(16)26-25(23-9-4-5-14-30-23)31-27(34)33(26)21-12-10-19(28)11-13-21/h4-15,25-26H,1-3H3,(H,31,34)/t25-,26+/m0/s1. The summed E-state index contributed by atoms with van der Waals surface area (Å²) in [6.07, 6.45) is 1.82. The van der Waals surface area contributed by atoms with E-state index in [0.29, 0.717) is 15.2 Å². The second kappa shape index (κ2) is 9.06. The predicted molar refractivity (Wildman–Crippen MR) is 144 cm³/mol. The first-order valence-electron chi connectivity index (χ1n) is 11.1. The Labute approximate surface area is 215 Å². The molecular formula is C27H24Cl2N4S. The summed E-state index contributed by atoms with van der Waals surface area (Å²) < 4.78 is 2.27. The van der Waals surface area contributed by atoms with Crippen LogP contribution in [0.5, 0.6) is 0 Å². The Kier molecular flexibility index (Phi) is 6.11. The van der Waals surface area contributed by atoms with Crippen molar-refractivity contribution in [2.45, 2.75) is 32.9 Å². The summed E-state index contributed by atoms with van der Waals surface area (Å²) in [5.41, 5.74) is 7.72. The number of hydrogen-bond acceptors (Lipinski definition) is 2. The van der Waals surface area contributed by atoms with E-state index in [1.54, 1.807) is 0 Å². The highest BCUT2D eigenvalue weighted by Crippen LogP contribution is 2.45. The fraction of sp³-hybridized carbons (Fsp3) is 0.185. The lowest BCUT2D eigenvalue weighted by Crippen LogP contribution is -2.29. The Morgan fingerprint density at radius 3 is 2.29 bits per heavy atom. The van der Waals surface area contributed by atoms with Crippen LogP contribution >= 0.6 is 35.4 Å². The summed E-state index contributed by atoms with van der Waals surface area (Å²) in [6, 6.07) is 21.5. The molecule has 0 radical (unpaired) electrons. The van der Waals surface area contributed by atoms with Crippen LogP contribution in [-0.2, 0) is 0 Å². The van der Waals surface area contributed by atoms with Gasteiger partial charge in [-0.2, -0.15) is 0 Å². The summed E-state index contributed by atoms with van der Waals surface area (Å²) in [5.74, 6) is 0. The van der Waals surface area contributed by atoms with Crippen LogP contribution in [0.15, 0.2) is 72.9 Å². The van der Waals surface area contributed by atoms with E-state index in [4.69, 9.17) is 35.4 Å². The Hall–Kier alpha value is -2.86. The summed E-state index contributed by atoms with van der Waals surface area (Å²) in [4.78, 5) is 6.86. The van der Waals surface area contributed by atoms with E-state index in [0.717, 1.165) is 22.8 Å². The largest absolute Gasteiger partial charge is 0.351 e. The van der Waals surface area contributed by atoms with Crippen molar-refractivity contribution in [1.29, 1.82) is 0 Å². The van der Waals surface area contributed by atoms with E-state index in [-0.39, 0.29) is 12.1 Å². The molecule has 1 saturated heterocycles. The molecule has 4 aromatic rings. The number of hydrogen-bond donors (Lipinski definition) is 1. The van der Waals surface area contributed by atoms with E-state index in [1.165, 1.54) is 16.8 Å². The van der Waals surface area contributed by atoms with Gasteiger partial charge in [0, 0.05) is 44.6 Å². The fourth-order valence-corrected chi connectivity index (χ4v) is 5.63. The molecule has 7 heteroatoms. The van der Waals surface area contributed by atoms with Gasteiger partial charge in [0.25, 0.3) is 0 Å². The molecule has 0 spiro atoms. The summed E-state index contributed by atoms with van der Waals surface area (Å²) in [7, 11) is 0. The highest BCUT2D eigenvalue weighted by atomic mass is 35.5. The van der Waals surface area contributed by atoms with E-state index in [9.17, 15) is 0 Å². The number of halogens is 2. The Bertz CT molecular complexity index is 1370. The topological polar surface area (TPSA) is 33.1 Å². The first kappa shape index (κ1) is 22.9. The molecule has 34 heavy (non-hydrogen) atoms. The molecular weight excluding hydrogens is 483 g/mol. The van der Waals surface area contributed by atoms with Gasteiger partial charge in [-0.15, -0.1) is 0 Å². The molecule has 0 saturated carbocycles. The van der Waals surface area contributed by atoms with Crippen LogP contribution in [0.2, 0.25) is 10.0 Å². The molecule has 1 fully saturated rings. The molecule has 3 heterocycles. The average molecular weight is 507 g/mol. The van der Waals surface area contributed by atoms with Gasteiger partial charge in [-0.05, 0) is 93.1 Å². The van der Waals surface area contributed by atoms with Gasteiger partial charge in [0.15, 0.2) is 5.11 Å². The van der Waals surface area contributed by atoms with E-state index in [1.807, 2.05) is 66.9 Å². The van der Waals surface area contributed by atoms with E-state index in [2.05, 4.69) is 46.6 Å². The van der Waals surface area contributed by atoms with Crippen LogP contribution in [0, 0.1) is 20.8 Å². The maximum Gasteiger partial charge on any atom is 0.174 e. The smallest absolute Gasteiger partial charge is 0.174 e. The highest BCUT2D eigenvalue weighted by Gasteiger charge is 2.43. The highest BCUT2D eigenvalue weighted by molar-refractivity contribution is 7.80. The van der Waals surface area contributed by atoms with E-state index >= 15 is 0 Å². The number of pyridine rings is 1. The molecule has 4 nitrogen and oxygen atoms in total. The van der Waals surface area contributed by atoms with E-state index < -0.39 is 0 Å². The summed E-state index contributed by atoms with van der Waals surface area (Å²) in [6.45, 7) is 6.48. The number of nitrogens with one attached hydrogen (secondary N) is 1. The molecule has 0 unspecified atom stereocenters. The van der Waals surface area contributed by atoms with Crippen molar-refractivity contribution in [2.24, 2.45) is 0 Å². The Balaban J connectivity index is 1.73. The minimum atomic E-state index is -0.114. The molecule has 0 aliphatic carbocycles. The number of thiocarbonyl (C=S) groups is 1.